The molecule has 2 aromatic heterocycles. The number of pyridine rings is 2. The fraction of sp³-hybridized carbons (Fsp3) is 0. The molecule has 0 aliphatic heterocycles. The molecule has 2 heterocycles. The highest BCUT2D eigenvalue weighted by Crippen LogP contribution is 2.21. The zero-order chi connectivity index (χ0) is 19.0. The lowest BCUT2D eigenvalue weighted by molar-refractivity contribution is 0.0695. The summed E-state index contributed by atoms with van der Waals surface area (Å²) in [5.41, 5.74) is 0.307. The van der Waals surface area contributed by atoms with Crippen molar-refractivity contribution in [1.82, 2.24) is 9.55 Å². The molecule has 0 aliphatic carbocycles. The molecule has 0 radical (unpaired) electrons. The molecule has 0 bridgehead atoms. The average molecular weight is 359 g/mol. The minimum Gasteiger partial charge on any atom is -0.477 e. The Morgan fingerprint density at radius 3 is 2.59 bits per heavy atom. The second-order valence-electron chi connectivity index (χ2n) is 5.88. The van der Waals surface area contributed by atoms with E-state index in [0.717, 1.165) is 16.2 Å². The molecule has 4 rings (SSSR count). The van der Waals surface area contributed by atoms with Crippen LogP contribution >= 0.6 is 0 Å². The van der Waals surface area contributed by atoms with Crippen molar-refractivity contribution in [3.8, 4) is 0 Å². The van der Waals surface area contributed by atoms with E-state index < -0.39 is 23.0 Å². The van der Waals surface area contributed by atoms with Crippen LogP contribution in [-0.2, 0) is 0 Å². The van der Waals surface area contributed by atoms with Gasteiger partial charge in [-0.15, -0.1) is 0 Å². The van der Waals surface area contributed by atoms with Crippen LogP contribution < -0.4 is 10.7 Å². The number of carbonyl (C=O) groups excluding carboxylic acids is 1. The molecule has 7 nitrogen and oxygen atoms in total. The predicted molar refractivity (Wildman–Crippen MR) is 101 cm³/mol. The van der Waals surface area contributed by atoms with Crippen molar-refractivity contribution in [3.05, 3.63) is 82.8 Å². The summed E-state index contributed by atoms with van der Waals surface area (Å²) in [5.74, 6) is -1.39. The van der Waals surface area contributed by atoms with Gasteiger partial charge in [-0.25, -0.2) is 9.59 Å². The third kappa shape index (κ3) is 2.81. The van der Waals surface area contributed by atoms with Crippen molar-refractivity contribution in [3.63, 3.8) is 0 Å². The molecule has 132 valence electrons. The molecular weight excluding hydrogens is 346 g/mol. The van der Waals surface area contributed by atoms with Gasteiger partial charge in [0.25, 0.3) is 0 Å². The van der Waals surface area contributed by atoms with Gasteiger partial charge in [-0.1, -0.05) is 30.3 Å². The highest BCUT2D eigenvalue weighted by molar-refractivity contribution is 6.04. The van der Waals surface area contributed by atoms with Crippen LogP contribution in [-0.4, -0.2) is 26.7 Å². The van der Waals surface area contributed by atoms with E-state index in [1.54, 1.807) is 42.6 Å². The van der Waals surface area contributed by atoms with Crippen LogP contribution in [0.4, 0.5) is 10.5 Å². The third-order valence-corrected chi connectivity index (χ3v) is 4.23. The summed E-state index contributed by atoms with van der Waals surface area (Å²) in [4.78, 5) is 40.9. The molecule has 0 aliphatic rings. The summed E-state index contributed by atoms with van der Waals surface area (Å²) in [7, 11) is 0. The number of nitrogens with zero attached hydrogens (tertiary/aromatic N) is 2. The van der Waals surface area contributed by atoms with E-state index in [1.165, 1.54) is 6.07 Å². The first-order valence-electron chi connectivity index (χ1n) is 8.09. The zero-order valence-corrected chi connectivity index (χ0v) is 13.9. The van der Waals surface area contributed by atoms with Crippen LogP contribution in [0.3, 0.4) is 0 Å². The first-order valence-corrected chi connectivity index (χ1v) is 8.09. The number of aromatic nitrogens is 2. The van der Waals surface area contributed by atoms with Gasteiger partial charge in [0.05, 0.1) is 16.7 Å². The molecule has 7 heteroatoms. The highest BCUT2D eigenvalue weighted by Gasteiger charge is 2.18. The fourth-order valence-electron chi connectivity index (χ4n) is 2.98. The quantitative estimate of drug-likeness (QED) is 0.572. The van der Waals surface area contributed by atoms with Crippen LogP contribution in [0, 0.1) is 0 Å². The van der Waals surface area contributed by atoms with Crippen molar-refractivity contribution in [1.29, 1.82) is 0 Å². The molecular formula is C20H13N3O4. The minimum absolute atomic E-state index is 0.156. The van der Waals surface area contributed by atoms with E-state index in [1.807, 2.05) is 12.1 Å². The van der Waals surface area contributed by atoms with Gasteiger partial charge in [0.1, 0.15) is 5.56 Å². The van der Waals surface area contributed by atoms with Gasteiger partial charge in [-0.2, -0.15) is 0 Å². The molecule has 0 spiro atoms. The maximum absolute atomic E-state index is 12.9. The molecule has 0 atom stereocenters. The smallest absolute Gasteiger partial charge is 0.341 e. The number of benzene rings is 2. The van der Waals surface area contributed by atoms with E-state index in [0.29, 0.717) is 16.7 Å². The van der Waals surface area contributed by atoms with Crippen LogP contribution in [0.1, 0.15) is 10.4 Å². The van der Waals surface area contributed by atoms with Crippen LogP contribution in [0.25, 0.3) is 21.8 Å². The molecule has 0 fully saturated rings. The number of hydrogen-bond acceptors (Lipinski definition) is 4. The number of anilines is 1. The monoisotopic (exact) mass is 359 g/mol. The molecule has 4 aromatic rings. The standard InChI is InChI=1S/C20H13N3O4/c24-18-13-7-1-2-9-16(13)23(11-14(18)19(25)26)20(27)22-15-8-3-5-12-6-4-10-21-17(12)15/h1-11H,(H,22,27)(H,25,26). The molecule has 2 aromatic carbocycles. The summed E-state index contributed by atoms with van der Waals surface area (Å²) in [5, 5.41) is 13.1. The number of hydrogen-bond donors (Lipinski definition) is 2. The first-order chi connectivity index (χ1) is 13.1. The first kappa shape index (κ1) is 16.5. The maximum atomic E-state index is 12.9. The van der Waals surface area contributed by atoms with E-state index in [2.05, 4.69) is 10.3 Å². The van der Waals surface area contributed by atoms with Crippen molar-refractivity contribution >= 4 is 39.5 Å². The maximum Gasteiger partial charge on any atom is 0.341 e. The highest BCUT2D eigenvalue weighted by atomic mass is 16.4. The molecule has 1 amide bonds. The fourth-order valence-corrected chi connectivity index (χ4v) is 2.98. The number of aromatic carboxylic acids is 1. The lowest BCUT2D eigenvalue weighted by atomic mass is 10.1. The summed E-state index contributed by atoms with van der Waals surface area (Å²) in [6, 6.07) is 14.8. The molecule has 0 saturated heterocycles. The number of nitrogens with one attached hydrogen (secondary N) is 1. The Kier molecular flexibility index (Phi) is 3.89. The van der Waals surface area contributed by atoms with Gasteiger partial charge in [0.15, 0.2) is 0 Å². The van der Waals surface area contributed by atoms with Crippen molar-refractivity contribution in [2.75, 3.05) is 5.32 Å². The summed E-state index contributed by atoms with van der Waals surface area (Å²) < 4.78 is 1.13. The number of carboxylic acid groups (broad SMARTS) is 1. The Labute approximate surface area is 152 Å². The Morgan fingerprint density at radius 2 is 1.78 bits per heavy atom. The van der Waals surface area contributed by atoms with Crippen LogP contribution in [0.15, 0.2) is 71.8 Å². The van der Waals surface area contributed by atoms with E-state index in [9.17, 15) is 19.5 Å². The normalized spacial score (nSPS) is 10.8. The number of amides is 1. The number of rotatable bonds is 2. The Balaban J connectivity index is 1.87. The Bertz CT molecular complexity index is 1270. The summed E-state index contributed by atoms with van der Waals surface area (Å²) in [6.07, 6.45) is 2.66. The van der Waals surface area contributed by atoms with Gasteiger partial charge in [-0.3, -0.25) is 14.3 Å². The summed E-state index contributed by atoms with van der Waals surface area (Å²) in [6.45, 7) is 0. The van der Waals surface area contributed by atoms with Gasteiger partial charge in [0, 0.05) is 23.2 Å². The molecule has 0 unspecified atom stereocenters. The zero-order valence-electron chi connectivity index (χ0n) is 13.9. The number of fused-ring (bicyclic) bond motifs is 2. The number of carboxylic acids is 1. The Morgan fingerprint density at radius 1 is 1.00 bits per heavy atom. The largest absolute Gasteiger partial charge is 0.477 e. The lowest BCUT2D eigenvalue weighted by Crippen LogP contribution is -2.25. The van der Waals surface area contributed by atoms with Crippen molar-refractivity contribution in [2.24, 2.45) is 0 Å². The van der Waals surface area contributed by atoms with Gasteiger partial charge in [0.2, 0.25) is 5.43 Å². The van der Waals surface area contributed by atoms with Crippen LogP contribution in [0.2, 0.25) is 0 Å². The summed E-state index contributed by atoms with van der Waals surface area (Å²) >= 11 is 0. The van der Waals surface area contributed by atoms with E-state index >= 15 is 0 Å². The molecule has 27 heavy (non-hydrogen) atoms. The van der Waals surface area contributed by atoms with E-state index in [-0.39, 0.29) is 5.39 Å². The average Bonchev–Trinajstić information content (AvgIpc) is 2.68. The minimum atomic E-state index is -1.39. The predicted octanol–water partition coefficient (Wildman–Crippen LogP) is 3.33. The number of para-hydroxylation sites is 2. The second-order valence-corrected chi connectivity index (χ2v) is 5.88. The lowest BCUT2D eigenvalue weighted by Gasteiger charge is -2.13. The van der Waals surface area contributed by atoms with Gasteiger partial charge < -0.3 is 10.4 Å². The molecule has 2 N–H and O–H groups in total. The molecule has 0 saturated carbocycles. The topological polar surface area (TPSA) is 101 Å². The Hall–Kier alpha value is -4.00. The van der Waals surface area contributed by atoms with Gasteiger partial charge in [-0.05, 0) is 24.3 Å². The second kappa shape index (κ2) is 6.38. The van der Waals surface area contributed by atoms with E-state index in [4.69, 9.17) is 0 Å². The van der Waals surface area contributed by atoms with Crippen LogP contribution in [0.5, 0.6) is 0 Å². The SMILES string of the molecule is O=C(O)c1cn(C(=O)Nc2cccc3cccnc23)c2ccccc2c1=O. The van der Waals surface area contributed by atoms with Crippen molar-refractivity contribution in [2.45, 2.75) is 0 Å². The number of carbonyl (C=O) groups is 2. The third-order valence-electron chi connectivity index (χ3n) is 4.23. The van der Waals surface area contributed by atoms with Gasteiger partial charge >= 0.3 is 12.0 Å². The van der Waals surface area contributed by atoms with Crippen molar-refractivity contribution < 1.29 is 14.7 Å².